The van der Waals surface area contributed by atoms with Gasteiger partial charge in [-0.05, 0) is 44.3 Å². The number of rotatable bonds is 9. The molecule has 0 N–H and O–H groups in total. The topological polar surface area (TPSA) is 91.6 Å². The molecule has 9 heteroatoms. The summed E-state index contributed by atoms with van der Waals surface area (Å²) >= 11 is 1.35. The molecular weight excluding hydrogens is 426 g/mol. The van der Waals surface area contributed by atoms with Crippen molar-refractivity contribution in [2.24, 2.45) is 0 Å². The van der Waals surface area contributed by atoms with Gasteiger partial charge in [0.1, 0.15) is 11.4 Å². The van der Waals surface area contributed by atoms with Gasteiger partial charge in [-0.2, -0.15) is 10.2 Å². The number of methoxy groups -OCH3 is 2. The molecule has 0 spiro atoms. The van der Waals surface area contributed by atoms with Crippen molar-refractivity contribution < 1.29 is 14.3 Å². The number of thiophene rings is 1. The van der Waals surface area contributed by atoms with E-state index < -0.39 is 0 Å². The van der Waals surface area contributed by atoms with E-state index in [1.54, 1.807) is 26.4 Å². The third-order valence-electron chi connectivity index (χ3n) is 5.03. The minimum absolute atomic E-state index is 0.0629. The molecule has 8 nitrogen and oxygen atoms in total. The Kier molecular flexibility index (Phi) is 7.75. The Balaban J connectivity index is 1.98. The van der Waals surface area contributed by atoms with Gasteiger partial charge in [0.05, 0.1) is 29.0 Å². The quantitative estimate of drug-likeness (QED) is 0.491. The van der Waals surface area contributed by atoms with E-state index in [9.17, 15) is 4.79 Å². The first-order valence-electron chi connectivity index (χ1n) is 10.1. The number of fused-ring (bicyclic) bond motifs is 1. The first-order valence-corrected chi connectivity index (χ1v) is 11.0. The molecule has 1 aromatic carbocycles. The second kappa shape index (κ2) is 10.5. The highest BCUT2D eigenvalue weighted by Gasteiger charge is 2.25. The summed E-state index contributed by atoms with van der Waals surface area (Å²) in [6.45, 7) is 3.91. The van der Waals surface area contributed by atoms with E-state index in [1.165, 1.54) is 11.3 Å². The summed E-state index contributed by atoms with van der Waals surface area (Å²) in [6.07, 6.45) is 0. The molecule has 0 atom stereocenters. The normalized spacial score (nSPS) is 11.0. The molecule has 1 amide bonds. The van der Waals surface area contributed by atoms with Crippen LogP contribution in [0.3, 0.4) is 0 Å². The number of nitriles is 1. The summed E-state index contributed by atoms with van der Waals surface area (Å²) in [7, 11) is 7.10. The first kappa shape index (κ1) is 23.6. The smallest absolute Gasteiger partial charge is 0.264 e. The van der Waals surface area contributed by atoms with E-state index in [4.69, 9.17) is 14.7 Å². The summed E-state index contributed by atoms with van der Waals surface area (Å²) in [5.41, 5.74) is 2.37. The molecule has 3 rings (SSSR count). The van der Waals surface area contributed by atoms with Crippen LogP contribution in [0.25, 0.3) is 10.2 Å². The van der Waals surface area contributed by atoms with Gasteiger partial charge < -0.3 is 19.3 Å². The predicted octanol–water partition coefficient (Wildman–Crippen LogP) is 3.23. The van der Waals surface area contributed by atoms with Crippen LogP contribution in [-0.2, 0) is 17.9 Å². The molecule has 0 fully saturated rings. The van der Waals surface area contributed by atoms with E-state index in [0.29, 0.717) is 40.1 Å². The van der Waals surface area contributed by atoms with Crippen molar-refractivity contribution in [3.8, 4) is 11.9 Å². The van der Waals surface area contributed by atoms with Gasteiger partial charge in [0.2, 0.25) is 5.88 Å². The van der Waals surface area contributed by atoms with Crippen molar-refractivity contribution in [3.63, 3.8) is 0 Å². The SMILES string of the molecule is COCc1nc(OC)c2c(C)c(C(=O)N(CCN(C)C)Cc3ccc(C#N)cc3)sc2n1. The Morgan fingerprint density at radius 2 is 1.88 bits per heavy atom. The lowest BCUT2D eigenvalue weighted by Crippen LogP contribution is -2.36. The van der Waals surface area contributed by atoms with Gasteiger partial charge >= 0.3 is 0 Å². The van der Waals surface area contributed by atoms with Gasteiger partial charge in [-0.3, -0.25) is 4.79 Å². The predicted molar refractivity (Wildman–Crippen MR) is 124 cm³/mol. The number of ether oxygens (including phenoxy) is 2. The van der Waals surface area contributed by atoms with Crippen LogP contribution < -0.4 is 4.74 Å². The van der Waals surface area contributed by atoms with Crippen molar-refractivity contribution in [1.82, 2.24) is 19.8 Å². The van der Waals surface area contributed by atoms with Crippen LogP contribution in [-0.4, -0.2) is 67.1 Å². The van der Waals surface area contributed by atoms with Crippen LogP contribution >= 0.6 is 11.3 Å². The lowest BCUT2D eigenvalue weighted by atomic mass is 10.1. The largest absolute Gasteiger partial charge is 0.480 e. The number of hydrogen-bond donors (Lipinski definition) is 0. The van der Waals surface area contributed by atoms with Crippen molar-refractivity contribution in [3.05, 3.63) is 51.7 Å². The van der Waals surface area contributed by atoms with E-state index in [-0.39, 0.29) is 12.5 Å². The van der Waals surface area contributed by atoms with Crippen molar-refractivity contribution in [2.75, 3.05) is 41.4 Å². The second-order valence-electron chi connectivity index (χ2n) is 7.66. The molecule has 0 radical (unpaired) electrons. The minimum atomic E-state index is -0.0629. The monoisotopic (exact) mass is 453 g/mol. The minimum Gasteiger partial charge on any atom is -0.480 e. The standard InChI is InChI=1S/C23H27N5O3S/c1-15-19-21(31-5)25-18(14-30-4)26-22(19)32-20(15)23(29)28(11-10-27(2)3)13-17-8-6-16(12-24)7-9-17/h6-9H,10-11,13-14H2,1-5H3. The zero-order valence-corrected chi connectivity index (χ0v) is 19.8. The van der Waals surface area contributed by atoms with Crippen LogP contribution in [0.2, 0.25) is 0 Å². The van der Waals surface area contributed by atoms with Gasteiger partial charge in [0.25, 0.3) is 5.91 Å². The third-order valence-corrected chi connectivity index (χ3v) is 6.20. The highest BCUT2D eigenvalue weighted by molar-refractivity contribution is 7.20. The third kappa shape index (κ3) is 5.22. The fourth-order valence-electron chi connectivity index (χ4n) is 3.31. The van der Waals surface area contributed by atoms with Crippen LogP contribution in [0.15, 0.2) is 24.3 Å². The maximum absolute atomic E-state index is 13.6. The molecule has 0 saturated carbocycles. The fraction of sp³-hybridized carbons (Fsp3) is 0.391. The van der Waals surface area contributed by atoms with Crippen molar-refractivity contribution >= 4 is 27.5 Å². The fourth-order valence-corrected chi connectivity index (χ4v) is 4.47. The Morgan fingerprint density at radius 3 is 2.47 bits per heavy atom. The van der Waals surface area contributed by atoms with E-state index in [2.05, 4.69) is 16.0 Å². The summed E-state index contributed by atoms with van der Waals surface area (Å²) in [5.74, 6) is 0.896. The number of aromatic nitrogens is 2. The van der Waals surface area contributed by atoms with Crippen molar-refractivity contribution in [1.29, 1.82) is 5.26 Å². The number of nitrogens with zero attached hydrogens (tertiary/aromatic N) is 5. The molecule has 0 aliphatic rings. The van der Waals surface area contributed by atoms with E-state index in [1.807, 2.05) is 43.0 Å². The average Bonchev–Trinajstić information content (AvgIpc) is 3.12. The molecular formula is C23H27N5O3S. The molecule has 32 heavy (non-hydrogen) atoms. The summed E-state index contributed by atoms with van der Waals surface area (Å²) in [4.78, 5) is 27.8. The molecule has 0 saturated heterocycles. The number of amides is 1. The molecule has 3 aromatic rings. The van der Waals surface area contributed by atoms with Crippen LogP contribution in [0, 0.1) is 18.3 Å². The molecule has 0 aliphatic heterocycles. The Bertz CT molecular complexity index is 1140. The van der Waals surface area contributed by atoms with Crippen LogP contribution in [0.1, 0.15) is 32.2 Å². The molecule has 0 unspecified atom stereocenters. The molecule has 0 aliphatic carbocycles. The van der Waals surface area contributed by atoms with Gasteiger partial charge in [0.15, 0.2) is 5.82 Å². The number of carbonyl (C=O) groups excluding carboxylic acids is 1. The average molecular weight is 454 g/mol. The number of likely N-dealkylation sites (N-methyl/N-ethyl adjacent to an activating group) is 1. The zero-order valence-electron chi connectivity index (χ0n) is 19.0. The summed E-state index contributed by atoms with van der Waals surface area (Å²) in [5, 5.41) is 9.80. The molecule has 2 aromatic heterocycles. The molecule has 2 heterocycles. The van der Waals surface area contributed by atoms with E-state index >= 15 is 0 Å². The highest BCUT2D eigenvalue weighted by atomic mass is 32.1. The Hall–Kier alpha value is -3.06. The maximum atomic E-state index is 13.6. The summed E-state index contributed by atoms with van der Waals surface area (Å²) in [6, 6.07) is 9.44. The number of aryl methyl sites for hydroxylation is 1. The lowest BCUT2D eigenvalue weighted by molar-refractivity contribution is 0.0736. The Labute approximate surface area is 192 Å². The van der Waals surface area contributed by atoms with Crippen LogP contribution in [0.4, 0.5) is 0 Å². The highest BCUT2D eigenvalue weighted by Crippen LogP contribution is 2.36. The second-order valence-corrected chi connectivity index (χ2v) is 8.66. The van der Waals surface area contributed by atoms with Gasteiger partial charge in [-0.15, -0.1) is 11.3 Å². The van der Waals surface area contributed by atoms with E-state index in [0.717, 1.165) is 23.1 Å². The van der Waals surface area contributed by atoms with Gasteiger partial charge in [0, 0.05) is 26.7 Å². The van der Waals surface area contributed by atoms with Gasteiger partial charge in [-0.1, -0.05) is 12.1 Å². The lowest BCUT2D eigenvalue weighted by Gasteiger charge is -2.24. The number of carbonyl (C=O) groups is 1. The zero-order chi connectivity index (χ0) is 23.3. The molecule has 0 bridgehead atoms. The number of benzene rings is 1. The van der Waals surface area contributed by atoms with Crippen molar-refractivity contribution in [2.45, 2.75) is 20.1 Å². The number of hydrogen-bond acceptors (Lipinski definition) is 8. The van der Waals surface area contributed by atoms with Crippen LogP contribution in [0.5, 0.6) is 5.88 Å². The maximum Gasteiger partial charge on any atom is 0.264 e. The van der Waals surface area contributed by atoms with Gasteiger partial charge in [-0.25, -0.2) is 4.98 Å². The summed E-state index contributed by atoms with van der Waals surface area (Å²) < 4.78 is 10.6. The Morgan fingerprint density at radius 1 is 1.16 bits per heavy atom. The molecule has 168 valence electrons. The first-order chi connectivity index (χ1) is 15.4.